The summed E-state index contributed by atoms with van der Waals surface area (Å²) in [4.78, 5) is 13.8. The van der Waals surface area contributed by atoms with Crippen LogP contribution in [0.1, 0.15) is 17.0 Å². The van der Waals surface area contributed by atoms with Crippen molar-refractivity contribution in [1.82, 2.24) is 15.1 Å². The molecule has 0 saturated carbocycles. The summed E-state index contributed by atoms with van der Waals surface area (Å²) < 4.78 is 5.65. The van der Waals surface area contributed by atoms with E-state index < -0.39 is 0 Å². The average Bonchev–Trinajstić information content (AvgIpc) is 3.09. The number of benzene rings is 2. The van der Waals surface area contributed by atoms with Crippen LogP contribution in [-0.2, 0) is 11.3 Å². The van der Waals surface area contributed by atoms with Crippen LogP contribution >= 0.6 is 11.6 Å². The van der Waals surface area contributed by atoms with Gasteiger partial charge in [-0.25, -0.2) is 0 Å². The van der Waals surface area contributed by atoms with Crippen molar-refractivity contribution in [3.8, 4) is 11.5 Å². The lowest BCUT2D eigenvalue weighted by Crippen LogP contribution is -2.24. The highest BCUT2D eigenvalue weighted by Crippen LogP contribution is 2.19. The standard InChI is InChI=1S/C20H18ClN3O2/c1-14-7-9-16(10-8-14)20-23-22-18(26-20)13-24(2)19(25)12-11-15-5-3-4-6-17(15)21/h3-12H,13H2,1-2H3/b12-11+. The van der Waals surface area contributed by atoms with E-state index in [0.717, 1.165) is 16.7 Å². The predicted octanol–water partition coefficient (Wildman–Crippen LogP) is 4.37. The maximum absolute atomic E-state index is 12.3. The molecule has 0 N–H and O–H groups in total. The van der Waals surface area contributed by atoms with E-state index in [1.807, 2.05) is 49.4 Å². The highest BCUT2D eigenvalue weighted by Gasteiger charge is 2.13. The van der Waals surface area contributed by atoms with Crippen molar-refractivity contribution in [1.29, 1.82) is 0 Å². The van der Waals surface area contributed by atoms with Gasteiger partial charge in [-0.15, -0.1) is 10.2 Å². The maximum atomic E-state index is 12.3. The molecule has 3 rings (SSSR count). The van der Waals surface area contributed by atoms with E-state index in [0.29, 0.717) is 16.8 Å². The van der Waals surface area contributed by atoms with E-state index in [2.05, 4.69) is 10.2 Å². The number of hydrogen-bond acceptors (Lipinski definition) is 4. The molecule has 5 nitrogen and oxygen atoms in total. The van der Waals surface area contributed by atoms with Gasteiger partial charge in [0.2, 0.25) is 17.7 Å². The zero-order valence-corrected chi connectivity index (χ0v) is 15.3. The number of nitrogens with zero attached hydrogens (tertiary/aromatic N) is 3. The molecule has 6 heteroatoms. The Morgan fingerprint density at radius 2 is 1.88 bits per heavy atom. The second-order valence-electron chi connectivity index (χ2n) is 5.92. The summed E-state index contributed by atoms with van der Waals surface area (Å²) in [5, 5.41) is 8.65. The number of aryl methyl sites for hydroxylation is 1. The Kier molecular flexibility index (Phi) is 5.49. The molecule has 1 heterocycles. The van der Waals surface area contributed by atoms with Crippen LogP contribution in [0.3, 0.4) is 0 Å². The van der Waals surface area contributed by atoms with E-state index in [-0.39, 0.29) is 12.5 Å². The van der Waals surface area contributed by atoms with Crippen LogP contribution in [0.2, 0.25) is 5.02 Å². The van der Waals surface area contributed by atoms with Gasteiger partial charge in [-0.05, 0) is 36.8 Å². The van der Waals surface area contributed by atoms with Crippen LogP contribution in [0.4, 0.5) is 0 Å². The van der Waals surface area contributed by atoms with Gasteiger partial charge >= 0.3 is 0 Å². The third-order valence-electron chi connectivity index (χ3n) is 3.82. The molecule has 0 unspecified atom stereocenters. The van der Waals surface area contributed by atoms with E-state index in [4.69, 9.17) is 16.0 Å². The SMILES string of the molecule is Cc1ccc(-c2nnc(CN(C)C(=O)/C=C/c3ccccc3Cl)o2)cc1. The summed E-state index contributed by atoms with van der Waals surface area (Å²) in [5.41, 5.74) is 2.79. The molecule has 1 aromatic heterocycles. The smallest absolute Gasteiger partial charge is 0.247 e. The van der Waals surface area contributed by atoms with Gasteiger partial charge in [0.1, 0.15) is 0 Å². The van der Waals surface area contributed by atoms with Gasteiger partial charge in [-0.1, -0.05) is 47.5 Å². The predicted molar refractivity (Wildman–Crippen MR) is 101 cm³/mol. The van der Waals surface area contributed by atoms with Gasteiger partial charge in [0.25, 0.3) is 0 Å². The Morgan fingerprint density at radius 3 is 2.62 bits per heavy atom. The van der Waals surface area contributed by atoms with Gasteiger partial charge in [0.15, 0.2) is 0 Å². The molecule has 0 aliphatic heterocycles. The Bertz CT molecular complexity index is 932. The molecule has 0 bridgehead atoms. The quantitative estimate of drug-likeness (QED) is 0.628. The Balaban J connectivity index is 1.64. The lowest BCUT2D eigenvalue weighted by molar-refractivity contribution is -0.125. The van der Waals surface area contributed by atoms with Gasteiger partial charge in [-0.2, -0.15) is 0 Å². The zero-order chi connectivity index (χ0) is 18.5. The molecule has 0 radical (unpaired) electrons. The van der Waals surface area contributed by atoms with Crippen LogP contribution in [-0.4, -0.2) is 28.1 Å². The third kappa shape index (κ3) is 4.37. The molecule has 3 aromatic rings. The minimum absolute atomic E-state index is 0.181. The highest BCUT2D eigenvalue weighted by molar-refractivity contribution is 6.32. The first-order valence-electron chi connectivity index (χ1n) is 8.10. The molecule has 2 aromatic carbocycles. The van der Waals surface area contributed by atoms with Crippen molar-refractivity contribution in [2.24, 2.45) is 0 Å². The first-order valence-corrected chi connectivity index (χ1v) is 8.48. The minimum Gasteiger partial charge on any atom is -0.419 e. The largest absolute Gasteiger partial charge is 0.419 e. The molecule has 26 heavy (non-hydrogen) atoms. The van der Waals surface area contributed by atoms with Crippen LogP contribution in [0.5, 0.6) is 0 Å². The topological polar surface area (TPSA) is 59.2 Å². The molecule has 0 saturated heterocycles. The number of carbonyl (C=O) groups is 1. The lowest BCUT2D eigenvalue weighted by Gasteiger charge is -2.11. The molecule has 0 aliphatic rings. The van der Waals surface area contributed by atoms with Crippen LogP contribution < -0.4 is 0 Å². The molecule has 0 aliphatic carbocycles. The zero-order valence-electron chi connectivity index (χ0n) is 14.5. The Morgan fingerprint density at radius 1 is 1.15 bits per heavy atom. The molecular formula is C20H18ClN3O2. The first-order chi connectivity index (χ1) is 12.5. The molecular weight excluding hydrogens is 350 g/mol. The normalized spacial score (nSPS) is 11.0. The van der Waals surface area contributed by atoms with E-state index in [1.165, 1.54) is 11.0 Å². The third-order valence-corrected chi connectivity index (χ3v) is 4.17. The van der Waals surface area contributed by atoms with E-state index in [1.54, 1.807) is 19.2 Å². The van der Waals surface area contributed by atoms with Crippen molar-refractivity contribution in [3.63, 3.8) is 0 Å². The summed E-state index contributed by atoms with van der Waals surface area (Å²) in [7, 11) is 1.68. The minimum atomic E-state index is -0.181. The number of amides is 1. The number of aromatic nitrogens is 2. The number of carbonyl (C=O) groups excluding carboxylic acids is 1. The van der Waals surface area contributed by atoms with Crippen molar-refractivity contribution in [2.45, 2.75) is 13.5 Å². The van der Waals surface area contributed by atoms with E-state index >= 15 is 0 Å². The summed E-state index contributed by atoms with van der Waals surface area (Å²) >= 11 is 6.08. The fourth-order valence-electron chi connectivity index (χ4n) is 2.31. The van der Waals surface area contributed by atoms with Gasteiger partial charge in [0, 0.05) is 23.7 Å². The molecule has 0 atom stereocenters. The summed E-state index contributed by atoms with van der Waals surface area (Å²) in [5.74, 6) is 0.634. The van der Waals surface area contributed by atoms with Gasteiger partial charge < -0.3 is 9.32 Å². The second-order valence-corrected chi connectivity index (χ2v) is 6.32. The molecule has 1 amide bonds. The number of halogens is 1. The molecule has 0 fully saturated rings. The van der Waals surface area contributed by atoms with Crippen molar-refractivity contribution in [2.75, 3.05) is 7.05 Å². The Hall–Kier alpha value is -2.92. The molecule has 0 spiro atoms. The monoisotopic (exact) mass is 367 g/mol. The maximum Gasteiger partial charge on any atom is 0.247 e. The number of rotatable bonds is 5. The van der Waals surface area contributed by atoms with Crippen molar-refractivity contribution < 1.29 is 9.21 Å². The molecule has 132 valence electrons. The van der Waals surface area contributed by atoms with Crippen LogP contribution in [0, 0.1) is 6.92 Å². The highest BCUT2D eigenvalue weighted by atomic mass is 35.5. The average molecular weight is 368 g/mol. The van der Waals surface area contributed by atoms with Crippen molar-refractivity contribution in [3.05, 3.63) is 76.6 Å². The summed E-state index contributed by atoms with van der Waals surface area (Å²) in [6, 6.07) is 15.1. The second kappa shape index (κ2) is 7.97. The fraction of sp³-hybridized carbons (Fsp3) is 0.150. The first kappa shape index (κ1) is 17.9. The van der Waals surface area contributed by atoms with Crippen LogP contribution in [0.15, 0.2) is 59.0 Å². The number of hydrogen-bond donors (Lipinski definition) is 0. The van der Waals surface area contributed by atoms with Gasteiger partial charge in [0.05, 0.1) is 6.54 Å². The lowest BCUT2D eigenvalue weighted by atomic mass is 10.1. The van der Waals surface area contributed by atoms with Crippen molar-refractivity contribution >= 4 is 23.6 Å². The van der Waals surface area contributed by atoms with Gasteiger partial charge in [-0.3, -0.25) is 4.79 Å². The fourth-order valence-corrected chi connectivity index (χ4v) is 2.51. The number of likely N-dealkylation sites (N-methyl/N-ethyl adjacent to an activating group) is 1. The summed E-state index contributed by atoms with van der Waals surface area (Å²) in [6.07, 6.45) is 3.16. The van der Waals surface area contributed by atoms with Crippen LogP contribution in [0.25, 0.3) is 17.5 Å². The summed E-state index contributed by atoms with van der Waals surface area (Å²) in [6.45, 7) is 2.24. The van der Waals surface area contributed by atoms with E-state index in [9.17, 15) is 4.79 Å². The Labute approximate surface area is 156 Å².